The van der Waals surface area contributed by atoms with E-state index >= 15 is 0 Å². The van der Waals surface area contributed by atoms with Crippen molar-refractivity contribution in [3.63, 3.8) is 0 Å². The van der Waals surface area contributed by atoms with Crippen LogP contribution in [-0.2, 0) is 9.31 Å². The second-order valence-electron chi connectivity index (χ2n) is 21.1. The first-order chi connectivity index (χ1) is 44.4. The molecule has 9 aromatic carbocycles. The van der Waals surface area contributed by atoms with E-state index in [0.29, 0.717) is 63.2 Å². The molecule has 1 aliphatic rings. The van der Waals surface area contributed by atoms with Crippen LogP contribution in [0.25, 0.3) is 91.1 Å². The van der Waals surface area contributed by atoms with E-state index in [1.807, 2.05) is 210 Å². The van der Waals surface area contributed by atoms with Gasteiger partial charge < -0.3 is 19.4 Å². The van der Waals surface area contributed by atoms with Crippen LogP contribution in [0.1, 0.15) is 27.7 Å². The average Bonchev–Trinajstić information content (AvgIpc) is 1.67. The largest absolute Gasteiger partial charge is 0.497 e. The second-order valence-corrected chi connectivity index (χ2v) is 22.2. The molecule has 0 spiro atoms. The Morgan fingerprint density at radius 2 is 0.613 bits per heavy atom. The molecule has 2 N–H and O–H groups in total. The number of rotatable bonds is 10. The molecule has 455 valence electrons. The Morgan fingerprint density at radius 1 is 0.355 bits per heavy atom. The highest BCUT2D eigenvalue weighted by atomic mass is 35.5. The van der Waals surface area contributed by atoms with Gasteiger partial charge in [-0.25, -0.2) is 48.1 Å². The van der Waals surface area contributed by atoms with Gasteiger partial charge in [-0.1, -0.05) is 211 Å². The van der Waals surface area contributed by atoms with Crippen LogP contribution >= 0.6 is 34.8 Å². The zero-order chi connectivity index (χ0) is 65.4. The molecule has 12 aromatic rings. The van der Waals surface area contributed by atoms with Crippen LogP contribution in [0.3, 0.4) is 0 Å². The zero-order valence-corrected chi connectivity index (χ0v) is 52.7. The van der Waals surface area contributed by atoms with Crippen LogP contribution in [0.4, 0.5) is 13.2 Å². The van der Waals surface area contributed by atoms with Gasteiger partial charge in [0.1, 0.15) is 17.5 Å². The first-order valence-electron chi connectivity index (χ1n) is 28.4. The molecule has 3 aromatic heterocycles. The molecule has 7 radical (unpaired) electrons. The average molecular weight is 1290 g/mol. The van der Waals surface area contributed by atoms with Gasteiger partial charge in [-0.15, -0.1) is 0 Å². The molecular weight excluding hydrogens is 1240 g/mol. The van der Waals surface area contributed by atoms with Crippen LogP contribution < -0.4 is 10.9 Å². The first-order valence-corrected chi connectivity index (χ1v) is 29.5. The lowest BCUT2D eigenvalue weighted by molar-refractivity contribution is 0.00578. The molecule has 4 heterocycles. The molecule has 13 rings (SSSR count). The maximum absolute atomic E-state index is 14.9. The topological polar surface area (TPSA) is 175 Å². The van der Waals surface area contributed by atoms with Crippen molar-refractivity contribution in [2.45, 2.75) is 38.9 Å². The molecule has 1 aliphatic heterocycles. The summed E-state index contributed by atoms with van der Waals surface area (Å²) in [6.07, 6.45) is 0. The highest BCUT2D eigenvalue weighted by Gasteiger charge is 2.52. The number of nitrogens with zero attached hydrogens (tertiary/aromatic N) is 9. The Hall–Kier alpha value is -9.17. The van der Waals surface area contributed by atoms with Gasteiger partial charge in [0.25, 0.3) is 0 Å². The highest BCUT2D eigenvalue weighted by molar-refractivity contribution is 6.75. The second kappa shape index (κ2) is 32.4. The van der Waals surface area contributed by atoms with Crippen LogP contribution in [-0.4, -0.2) is 104 Å². The van der Waals surface area contributed by atoms with E-state index in [0.717, 1.165) is 39.4 Å². The summed E-state index contributed by atoms with van der Waals surface area (Å²) in [5.74, 6) is 2.81. The van der Waals surface area contributed by atoms with Crippen molar-refractivity contribution in [2.24, 2.45) is 0 Å². The summed E-state index contributed by atoms with van der Waals surface area (Å²) in [7, 11) is 5.57. The minimum Gasteiger partial charge on any atom is -0.423 e. The predicted octanol–water partition coefficient (Wildman–Crippen LogP) is 13.9. The minimum atomic E-state index is -1.60. The van der Waals surface area contributed by atoms with Gasteiger partial charge in [0.15, 0.2) is 46.6 Å². The van der Waals surface area contributed by atoms with Crippen LogP contribution in [0.15, 0.2) is 237 Å². The number of hydrogen-bond acceptors (Lipinski definition) is 13. The summed E-state index contributed by atoms with van der Waals surface area (Å²) in [4.78, 5) is 40.7. The van der Waals surface area contributed by atoms with E-state index in [4.69, 9.17) is 69.1 Å². The molecule has 0 saturated carbocycles. The Bertz CT molecular complexity index is 4220. The lowest BCUT2D eigenvalue weighted by Crippen LogP contribution is -2.41. The minimum absolute atomic E-state index is 0. The molecule has 0 unspecified atom stereocenters. The standard InChI is InChI=1S/C27H25BFN3O2.C21H13ClFN3.C15H10ClN3.C6H5BClFO2.B2.B/c1-26(2)27(3,4)34-28(33-26)21-17-20(15-16-22(21)29)25-31-23(18-11-7-5-8-12-18)30-24(32-25)19-13-9-6-10-14-19;22-17-13-16(11-12-18(17)23)21-25-19(14-7-3-1-4-8-14)24-20(26-21)15-9-5-2-6-10-15;16-15-18-13(11-7-3-1-4-8-11)17-14(19-15)12-9-5-2-6-10-12;8-5-3-4(7(10)11)1-2-6(5)9;1-2;/h5-17H,1-4H3;1-13H;1-10H;1-3,10-11H;;. The van der Waals surface area contributed by atoms with Crippen molar-refractivity contribution in [3.8, 4) is 91.1 Å². The monoisotopic (exact) mass is 1290 g/mol. The number of aromatic nitrogens is 9. The summed E-state index contributed by atoms with van der Waals surface area (Å²) in [6.45, 7) is 7.77. The van der Waals surface area contributed by atoms with E-state index in [2.05, 4.69) is 45.4 Å². The molecule has 0 aliphatic carbocycles. The highest BCUT2D eigenvalue weighted by Crippen LogP contribution is 2.37. The Balaban J connectivity index is 0.000000167. The quantitative estimate of drug-likeness (QED) is 0.124. The van der Waals surface area contributed by atoms with E-state index in [1.54, 1.807) is 18.2 Å². The third kappa shape index (κ3) is 18.1. The van der Waals surface area contributed by atoms with Crippen molar-refractivity contribution < 1.29 is 32.5 Å². The van der Waals surface area contributed by atoms with Gasteiger partial charge in [-0.05, 0) is 93.3 Å². The van der Waals surface area contributed by atoms with Crippen molar-refractivity contribution in [1.29, 1.82) is 0 Å². The lowest BCUT2D eigenvalue weighted by atomic mass is 9.78. The number of hydrogen-bond donors (Lipinski definition) is 2. The zero-order valence-electron chi connectivity index (χ0n) is 50.4. The molecule has 0 amide bonds. The summed E-state index contributed by atoms with van der Waals surface area (Å²) in [6, 6.07) is 70.9. The maximum Gasteiger partial charge on any atom is 0.497 e. The molecule has 0 bridgehead atoms. The van der Waals surface area contributed by atoms with Crippen LogP contribution in [0, 0.1) is 17.5 Å². The van der Waals surface area contributed by atoms with Gasteiger partial charge in [-0.2, -0.15) is 9.97 Å². The Kier molecular flexibility index (Phi) is 24.3. The van der Waals surface area contributed by atoms with Crippen LogP contribution in [0.2, 0.25) is 15.3 Å². The first kappa shape index (κ1) is 69.7. The number of benzene rings is 9. The van der Waals surface area contributed by atoms with Gasteiger partial charge in [0, 0.05) is 73.9 Å². The smallest absolute Gasteiger partial charge is 0.423 e. The van der Waals surface area contributed by atoms with Crippen molar-refractivity contribution >= 4 is 83.9 Å². The third-order valence-corrected chi connectivity index (χ3v) is 15.0. The van der Waals surface area contributed by atoms with Gasteiger partial charge >= 0.3 is 14.2 Å². The molecule has 1 saturated heterocycles. The Labute approximate surface area is 557 Å². The van der Waals surface area contributed by atoms with Crippen molar-refractivity contribution in [1.82, 2.24) is 44.9 Å². The van der Waals surface area contributed by atoms with E-state index in [-0.39, 0.29) is 29.2 Å². The fourth-order valence-corrected chi connectivity index (χ4v) is 9.33. The van der Waals surface area contributed by atoms with Crippen molar-refractivity contribution in [3.05, 3.63) is 269 Å². The van der Waals surface area contributed by atoms with Crippen LogP contribution in [0.5, 0.6) is 0 Å². The molecule has 24 heteroatoms. The SMILES string of the molecule is CC1(C)OB(c2cc(-c3nc(-c4ccccc4)nc(-c4ccccc4)n3)ccc2F)OC1(C)C.Clc1nc(-c2ccccc2)nc(-c2ccccc2)n1.Fc1ccc(-c2nc(-c3ccccc3)nc(-c3ccccc3)n2)cc1Cl.OB(O)c1ccc(F)c(Cl)c1.[B].[B][B]. The molecule has 13 nitrogen and oxygen atoms in total. The summed E-state index contributed by atoms with van der Waals surface area (Å²) >= 11 is 17.3. The van der Waals surface area contributed by atoms with E-state index in [1.165, 1.54) is 30.3 Å². The summed E-state index contributed by atoms with van der Waals surface area (Å²) < 4.78 is 53.1. The number of halogens is 6. The summed E-state index contributed by atoms with van der Waals surface area (Å²) in [5, 5.41) is 17.3. The third-order valence-electron chi connectivity index (χ3n) is 14.3. The maximum atomic E-state index is 14.9. The lowest BCUT2D eigenvalue weighted by Gasteiger charge is -2.32. The van der Waals surface area contributed by atoms with Gasteiger partial charge in [-0.3, -0.25) is 0 Å². The van der Waals surface area contributed by atoms with E-state index in [9.17, 15) is 13.2 Å². The van der Waals surface area contributed by atoms with Crippen molar-refractivity contribution in [2.75, 3.05) is 0 Å². The van der Waals surface area contributed by atoms with E-state index < -0.39 is 42.9 Å². The predicted molar refractivity (Wildman–Crippen MR) is 367 cm³/mol. The molecule has 0 atom stereocenters. The molecular formula is C69H53B5Cl3F3N9O4. The normalized spacial score (nSPS) is 12.4. The molecule has 1 fully saturated rings. The fraction of sp³-hybridized carbons (Fsp3) is 0.0870. The van der Waals surface area contributed by atoms with Gasteiger partial charge in [0.2, 0.25) is 5.28 Å². The molecule has 93 heavy (non-hydrogen) atoms. The van der Waals surface area contributed by atoms with Gasteiger partial charge in [0.05, 0.1) is 21.2 Å². The summed E-state index contributed by atoms with van der Waals surface area (Å²) in [5.41, 5.74) is 5.97. The fourth-order valence-electron chi connectivity index (χ4n) is 8.80. The Morgan fingerprint density at radius 3 is 0.903 bits per heavy atom.